The summed E-state index contributed by atoms with van der Waals surface area (Å²) in [4.78, 5) is 3.61. The molecule has 1 atom stereocenters. The Balaban J connectivity index is 1.40. The molecule has 0 bridgehead atoms. The lowest BCUT2D eigenvalue weighted by Gasteiger charge is -2.41. The smallest absolute Gasteiger partial charge is 0.264 e. The maximum Gasteiger partial charge on any atom is 0.264 e. The van der Waals surface area contributed by atoms with Gasteiger partial charge < -0.3 is 0 Å². The Labute approximate surface area is 232 Å². The van der Waals surface area contributed by atoms with Crippen LogP contribution in [0.4, 0.5) is 4.39 Å². The van der Waals surface area contributed by atoms with Gasteiger partial charge in [-0.25, -0.2) is 17.5 Å². The third kappa shape index (κ3) is 4.80. The Morgan fingerprint density at radius 3 is 2.45 bits per heavy atom. The summed E-state index contributed by atoms with van der Waals surface area (Å²) in [7, 11) is -2.21. The minimum absolute atomic E-state index is 0.0474. The average Bonchev–Trinajstić information content (AvgIpc) is 3.56. The monoisotopic (exact) mass is 559 g/mol. The molecule has 1 fully saturated rings. The molecule has 11 heteroatoms. The highest BCUT2D eigenvalue weighted by molar-refractivity contribution is 7.89. The molecule has 3 heterocycles. The standard InChI is InChI=1S/C29H30FN7O2S/c1-20-6-4-5-7-22(20)18-35-12-13-36(40(38,39)29-17-31-34(3)33-29)19-28(35)26-15-23-16-32-37(27(23)14-21(26)2)25-10-8-24(30)9-11-25/h4-11,14-17,28H,12-13,18-19H2,1-3H3. The molecule has 2 aromatic heterocycles. The number of rotatable bonds is 6. The minimum Gasteiger partial charge on any atom is -0.289 e. The number of aryl methyl sites for hydroxylation is 3. The van der Waals surface area contributed by atoms with Gasteiger partial charge in [0.15, 0.2) is 0 Å². The molecule has 0 radical (unpaired) electrons. The topological polar surface area (TPSA) is 89.2 Å². The Bertz CT molecular complexity index is 1800. The summed E-state index contributed by atoms with van der Waals surface area (Å²) in [5, 5.41) is 13.5. The predicted molar refractivity (Wildman–Crippen MR) is 150 cm³/mol. The summed E-state index contributed by atoms with van der Waals surface area (Å²) in [5.41, 5.74) is 6.14. The second-order valence-corrected chi connectivity index (χ2v) is 12.1. The van der Waals surface area contributed by atoms with Gasteiger partial charge >= 0.3 is 0 Å². The Hall–Kier alpha value is -3.93. The fraction of sp³-hybridized carbons (Fsp3) is 0.276. The fourth-order valence-corrected chi connectivity index (χ4v) is 6.75. The predicted octanol–water partition coefficient (Wildman–Crippen LogP) is 4.16. The van der Waals surface area contributed by atoms with E-state index in [4.69, 9.17) is 0 Å². The van der Waals surface area contributed by atoms with E-state index in [0.717, 1.165) is 27.7 Å². The summed E-state index contributed by atoms with van der Waals surface area (Å²) in [6, 6.07) is 18.5. The molecular weight excluding hydrogens is 529 g/mol. The van der Waals surface area contributed by atoms with Crippen molar-refractivity contribution in [2.75, 3.05) is 19.6 Å². The Morgan fingerprint density at radius 2 is 1.73 bits per heavy atom. The van der Waals surface area contributed by atoms with Gasteiger partial charge in [0.25, 0.3) is 10.0 Å². The van der Waals surface area contributed by atoms with Crippen LogP contribution in [0.5, 0.6) is 0 Å². The van der Waals surface area contributed by atoms with Crippen molar-refractivity contribution >= 4 is 20.9 Å². The van der Waals surface area contributed by atoms with E-state index in [-0.39, 0.29) is 23.4 Å². The normalized spacial score (nSPS) is 17.1. The molecule has 6 rings (SSSR count). The number of nitrogens with zero attached hydrogens (tertiary/aromatic N) is 7. The van der Waals surface area contributed by atoms with Crippen LogP contribution < -0.4 is 0 Å². The van der Waals surface area contributed by atoms with Crippen LogP contribution in [0.25, 0.3) is 16.6 Å². The molecule has 1 aliphatic rings. The zero-order valence-electron chi connectivity index (χ0n) is 22.6. The van der Waals surface area contributed by atoms with Gasteiger partial charge in [-0.15, -0.1) is 5.10 Å². The summed E-state index contributed by atoms with van der Waals surface area (Å²) in [6.45, 7) is 6.03. The van der Waals surface area contributed by atoms with Crippen LogP contribution >= 0.6 is 0 Å². The summed E-state index contributed by atoms with van der Waals surface area (Å²) < 4.78 is 43.9. The van der Waals surface area contributed by atoms with Gasteiger partial charge in [-0.05, 0) is 72.5 Å². The van der Waals surface area contributed by atoms with E-state index in [2.05, 4.69) is 51.4 Å². The molecular formula is C29H30FN7O2S. The number of aromatic nitrogens is 5. The van der Waals surface area contributed by atoms with Crippen LogP contribution in [-0.4, -0.2) is 62.0 Å². The maximum atomic E-state index is 13.5. The lowest BCUT2D eigenvalue weighted by molar-refractivity contribution is 0.110. The number of sulfonamides is 1. The maximum absolute atomic E-state index is 13.5. The molecule has 9 nitrogen and oxygen atoms in total. The molecule has 5 aromatic rings. The SMILES string of the molecule is Cc1ccccc1CN1CCN(S(=O)(=O)c2cnn(C)n2)CC1c1cc2cnn(-c3ccc(F)cc3)c2cc1C. The number of halogens is 1. The molecule has 40 heavy (non-hydrogen) atoms. The van der Waals surface area contributed by atoms with E-state index >= 15 is 0 Å². The lowest BCUT2D eigenvalue weighted by atomic mass is 9.95. The Kier molecular flexibility index (Phi) is 6.73. The third-order valence-electron chi connectivity index (χ3n) is 7.66. The molecule has 3 aromatic carbocycles. The first kappa shape index (κ1) is 26.3. The average molecular weight is 560 g/mol. The minimum atomic E-state index is -3.81. The van der Waals surface area contributed by atoms with Crippen molar-refractivity contribution < 1.29 is 12.8 Å². The van der Waals surface area contributed by atoms with Crippen molar-refractivity contribution in [1.29, 1.82) is 0 Å². The molecule has 0 aliphatic carbocycles. The van der Waals surface area contributed by atoms with Crippen molar-refractivity contribution in [3.05, 3.63) is 101 Å². The highest BCUT2D eigenvalue weighted by atomic mass is 32.2. The van der Waals surface area contributed by atoms with E-state index in [1.807, 2.05) is 19.1 Å². The van der Waals surface area contributed by atoms with Crippen LogP contribution in [0.2, 0.25) is 0 Å². The highest BCUT2D eigenvalue weighted by Gasteiger charge is 2.37. The molecule has 0 N–H and O–H groups in total. The molecule has 0 spiro atoms. The van der Waals surface area contributed by atoms with Gasteiger partial charge in [0.1, 0.15) is 5.82 Å². The fourth-order valence-electron chi connectivity index (χ4n) is 5.43. The van der Waals surface area contributed by atoms with Crippen molar-refractivity contribution in [2.45, 2.75) is 31.5 Å². The van der Waals surface area contributed by atoms with Crippen LogP contribution in [0.3, 0.4) is 0 Å². The van der Waals surface area contributed by atoms with Crippen LogP contribution in [-0.2, 0) is 23.6 Å². The molecule has 1 saturated heterocycles. The van der Waals surface area contributed by atoms with Gasteiger partial charge in [0.2, 0.25) is 5.03 Å². The van der Waals surface area contributed by atoms with Crippen molar-refractivity contribution in [1.82, 2.24) is 34.0 Å². The quantitative estimate of drug-likeness (QED) is 0.311. The summed E-state index contributed by atoms with van der Waals surface area (Å²) >= 11 is 0. The summed E-state index contributed by atoms with van der Waals surface area (Å²) in [6.07, 6.45) is 3.09. The van der Waals surface area contributed by atoms with Crippen molar-refractivity contribution in [3.63, 3.8) is 0 Å². The third-order valence-corrected chi connectivity index (χ3v) is 9.38. The number of fused-ring (bicyclic) bond motifs is 1. The second kappa shape index (κ2) is 10.2. The zero-order chi connectivity index (χ0) is 28.0. The number of benzene rings is 3. The van der Waals surface area contributed by atoms with Crippen LogP contribution in [0, 0.1) is 19.7 Å². The van der Waals surface area contributed by atoms with E-state index in [1.54, 1.807) is 30.1 Å². The lowest BCUT2D eigenvalue weighted by Crippen LogP contribution is -2.50. The zero-order valence-corrected chi connectivity index (χ0v) is 23.4. The van der Waals surface area contributed by atoms with E-state index < -0.39 is 10.0 Å². The second-order valence-electron chi connectivity index (χ2n) is 10.2. The van der Waals surface area contributed by atoms with Gasteiger partial charge in [0, 0.05) is 44.7 Å². The van der Waals surface area contributed by atoms with Crippen LogP contribution in [0.15, 0.2) is 78.1 Å². The number of piperazine rings is 1. The first-order valence-corrected chi connectivity index (χ1v) is 14.5. The van der Waals surface area contributed by atoms with Gasteiger partial charge in [0.05, 0.1) is 23.6 Å². The first-order chi connectivity index (χ1) is 19.2. The highest BCUT2D eigenvalue weighted by Crippen LogP contribution is 2.34. The van der Waals surface area contributed by atoms with Crippen molar-refractivity contribution in [2.24, 2.45) is 7.05 Å². The molecule has 0 amide bonds. The van der Waals surface area contributed by atoms with Gasteiger partial charge in [-0.2, -0.15) is 19.3 Å². The van der Waals surface area contributed by atoms with Gasteiger partial charge in [-0.3, -0.25) is 4.90 Å². The number of hydrogen-bond acceptors (Lipinski definition) is 6. The molecule has 0 saturated carbocycles. The molecule has 1 unspecified atom stereocenters. The summed E-state index contributed by atoms with van der Waals surface area (Å²) in [5.74, 6) is -0.300. The van der Waals surface area contributed by atoms with Gasteiger partial charge in [-0.1, -0.05) is 24.3 Å². The molecule has 206 valence electrons. The van der Waals surface area contributed by atoms with Crippen LogP contribution in [0.1, 0.15) is 28.3 Å². The van der Waals surface area contributed by atoms with E-state index in [9.17, 15) is 12.8 Å². The van der Waals surface area contributed by atoms with Crippen molar-refractivity contribution in [3.8, 4) is 5.69 Å². The largest absolute Gasteiger partial charge is 0.289 e. The number of hydrogen-bond donors (Lipinski definition) is 0. The van der Waals surface area contributed by atoms with E-state index in [0.29, 0.717) is 19.6 Å². The molecule has 1 aliphatic heterocycles. The first-order valence-electron chi connectivity index (χ1n) is 13.1. The van der Waals surface area contributed by atoms with E-state index in [1.165, 1.54) is 38.6 Å². The Morgan fingerprint density at radius 1 is 0.950 bits per heavy atom.